The highest BCUT2D eigenvalue weighted by Crippen LogP contribution is 2.48. The van der Waals surface area contributed by atoms with E-state index in [1.807, 2.05) is 6.20 Å². The number of hydrogen-bond donors (Lipinski definition) is 0. The first kappa shape index (κ1) is 15.4. The smallest absolute Gasteiger partial charge is 0.231 e. The fraction of sp³-hybridized carbons (Fsp3) is 0.550. The molecule has 0 aliphatic carbocycles. The lowest BCUT2D eigenvalue weighted by molar-refractivity contribution is -0.00870. The Kier molecular flexibility index (Phi) is 3.53. The number of rotatable bonds is 3. The molecule has 7 rings (SSSR count). The Bertz CT molecular complexity index is 803. The summed E-state index contributed by atoms with van der Waals surface area (Å²) in [5, 5.41) is 3.33. The highest BCUT2D eigenvalue weighted by atomic mass is 32.1. The molecule has 6 heterocycles. The molecule has 5 nitrogen and oxygen atoms in total. The van der Waals surface area contributed by atoms with Crippen LogP contribution in [0.25, 0.3) is 0 Å². The van der Waals surface area contributed by atoms with E-state index >= 15 is 0 Å². The van der Waals surface area contributed by atoms with Gasteiger partial charge in [0.05, 0.1) is 6.54 Å². The lowest BCUT2D eigenvalue weighted by Gasteiger charge is -2.51. The van der Waals surface area contributed by atoms with E-state index in [1.54, 1.807) is 11.3 Å². The molecule has 6 heteroatoms. The quantitative estimate of drug-likeness (QED) is 0.832. The molecule has 136 valence electrons. The van der Waals surface area contributed by atoms with Gasteiger partial charge in [0.2, 0.25) is 6.79 Å². The summed E-state index contributed by atoms with van der Waals surface area (Å²) in [5.74, 6) is 3.17. The summed E-state index contributed by atoms with van der Waals surface area (Å²) in [6.07, 6.45) is 4.63. The van der Waals surface area contributed by atoms with Crippen LogP contribution < -0.4 is 9.47 Å². The SMILES string of the molecule is c1csc(CN2C[C@H](c3ccc4c(c3)OCO4)[C@H]3[C@@H]2C2CCN3CC2)n1. The Balaban J connectivity index is 1.36. The third-order valence-corrected chi connectivity index (χ3v) is 7.50. The van der Waals surface area contributed by atoms with Gasteiger partial charge < -0.3 is 9.47 Å². The Morgan fingerprint density at radius 3 is 2.85 bits per heavy atom. The van der Waals surface area contributed by atoms with Gasteiger partial charge in [-0.25, -0.2) is 4.98 Å². The van der Waals surface area contributed by atoms with Crippen LogP contribution in [-0.2, 0) is 6.54 Å². The second kappa shape index (κ2) is 5.94. The van der Waals surface area contributed by atoms with Crippen molar-refractivity contribution in [2.45, 2.75) is 37.4 Å². The minimum Gasteiger partial charge on any atom is -0.454 e. The van der Waals surface area contributed by atoms with Crippen molar-refractivity contribution in [1.82, 2.24) is 14.8 Å². The van der Waals surface area contributed by atoms with Crippen molar-refractivity contribution in [3.63, 3.8) is 0 Å². The average Bonchev–Trinajstić information content (AvgIpc) is 3.43. The number of aromatic nitrogens is 1. The number of nitrogens with zero attached hydrogens (tertiary/aromatic N) is 3. The summed E-state index contributed by atoms with van der Waals surface area (Å²) in [6, 6.07) is 7.86. The van der Waals surface area contributed by atoms with E-state index in [2.05, 4.69) is 38.4 Å². The van der Waals surface area contributed by atoms with Crippen LogP contribution in [0.4, 0.5) is 0 Å². The van der Waals surface area contributed by atoms with Gasteiger partial charge in [-0.2, -0.15) is 0 Å². The largest absolute Gasteiger partial charge is 0.454 e. The van der Waals surface area contributed by atoms with Crippen LogP contribution in [0.3, 0.4) is 0 Å². The Hall–Kier alpha value is -1.63. The van der Waals surface area contributed by atoms with Crippen molar-refractivity contribution in [3.8, 4) is 11.5 Å². The monoisotopic (exact) mass is 369 g/mol. The van der Waals surface area contributed by atoms with Gasteiger partial charge in [0, 0.05) is 36.1 Å². The van der Waals surface area contributed by atoms with Gasteiger partial charge in [0.15, 0.2) is 11.5 Å². The summed E-state index contributed by atoms with van der Waals surface area (Å²) in [7, 11) is 0. The van der Waals surface area contributed by atoms with Crippen molar-refractivity contribution < 1.29 is 9.47 Å². The normalized spacial score (nSPS) is 35.0. The molecule has 26 heavy (non-hydrogen) atoms. The van der Waals surface area contributed by atoms with Crippen LogP contribution in [0.2, 0.25) is 0 Å². The first-order chi connectivity index (χ1) is 12.9. The lowest BCUT2D eigenvalue weighted by Crippen LogP contribution is -2.59. The third kappa shape index (κ3) is 2.32. The summed E-state index contributed by atoms with van der Waals surface area (Å²) < 4.78 is 11.2. The van der Waals surface area contributed by atoms with Crippen molar-refractivity contribution >= 4 is 11.3 Å². The second-order valence-electron chi connectivity index (χ2n) is 7.93. The molecule has 1 aromatic carbocycles. The van der Waals surface area contributed by atoms with E-state index in [-0.39, 0.29) is 0 Å². The zero-order chi connectivity index (χ0) is 17.1. The number of likely N-dealkylation sites (tertiary alicyclic amines) is 1. The molecule has 1 aromatic heterocycles. The van der Waals surface area contributed by atoms with Crippen LogP contribution in [0.1, 0.15) is 29.3 Å². The van der Waals surface area contributed by atoms with Crippen LogP contribution in [-0.4, -0.2) is 53.3 Å². The van der Waals surface area contributed by atoms with Gasteiger partial charge in [0.25, 0.3) is 0 Å². The molecule has 2 aromatic rings. The van der Waals surface area contributed by atoms with E-state index in [0.29, 0.717) is 24.8 Å². The predicted molar refractivity (Wildman–Crippen MR) is 99.7 cm³/mol. The van der Waals surface area contributed by atoms with E-state index in [1.165, 1.54) is 36.5 Å². The highest BCUT2D eigenvalue weighted by Gasteiger charge is 2.53. The van der Waals surface area contributed by atoms with E-state index in [0.717, 1.165) is 30.5 Å². The number of benzene rings is 1. The van der Waals surface area contributed by atoms with Crippen LogP contribution in [0.15, 0.2) is 29.8 Å². The van der Waals surface area contributed by atoms with Crippen molar-refractivity contribution in [2.75, 3.05) is 26.4 Å². The molecule has 4 fully saturated rings. The fourth-order valence-electron chi connectivity index (χ4n) is 5.66. The minimum atomic E-state index is 0.347. The van der Waals surface area contributed by atoms with Gasteiger partial charge in [-0.3, -0.25) is 9.80 Å². The molecule has 5 aliphatic heterocycles. The highest BCUT2D eigenvalue weighted by molar-refractivity contribution is 7.09. The molecule has 4 saturated heterocycles. The average molecular weight is 369 g/mol. The number of thiazole rings is 1. The van der Waals surface area contributed by atoms with Gasteiger partial charge in [0.1, 0.15) is 5.01 Å². The van der Waals surface area contributed by atoms with Crippen molar-refractivity contribution in [2.24, 2.45) is 5.92 Å². The van der Waals surface area contributed by atoms with Crippen molar-refractivity contribution in [3.05, 3.63) is 40.3 Å². The molecular formula is C20H23N3O2S. The van der Waals surface area contributed by atoms with E-state index < -0.39 is 0 Å². The van der Waals surface area contributed by atoms with Gasteiger partial charge in [-0.05, 0) is 49.5 Å². The molecule has 3 atom stereocenters. The molecule has 0 spiro atoms. The number of fused-ring (bicyclic) bond motifs is 3. The van der Waals surface area contributed by atoms with Gasteiger partial charge in [-0.1, -0.05) is 6.07 Å². The molecule has 0 N–H and O–H groups in total. The Labute approximate surface area is 157 Å². The lowest BCUT2D eigenvalue weighted by atomic mass is 9.75. The van der Waals surface area contributed by atoms with Crippen LogP contribution >= 0.6 is 11.3 Å². The van der Waals surface area contributed by atoms with Crippen LogP contribution in [0.5, 0.6) is 11.5 Å². The molecule has 2 bridgehead atoms. The summed E-state index contributed by atoms with van der Waals surface area (Å²) >= 11 is 1.78. The third-order valence-electron chi connectivity index (χ3n) is 6.74. The number of piperidine rings is 3. The summed E-state index contributed by atoms with van der Waals surface area (Å²) in [4.78, 5) is 10.0. The van der Waals surface area contributed by atoms with Crippen molar-refractivity contribution in [1.29, 1.82) is 0 Å². The maximum atomic E-state index is 5.65. The zero-order valence-corrected chi connectivity index (χ0v) is 15.5. The van der Waals surface area contributed by atoms with E-state index in [4.69, 9.17) is 9.47 Å². The predicted octanol–water partition coefficient (Wildman–Crippen LogP) is 2.93. The molecular weight excluding hydrogens is 346 g/mol. The van der Waals surface area contributed by atoms with E-state index in [9.17, 15) is 0 Å². The van der Waals surface area contributed by atoms with Crippen LogP contribution in [0, 0.1) is 5.92 Å². The minimum absolute atomic E-state index is 0.347. The first-order valence-corrected chi connectivity index (χ1v) is 10.5. The standard InChI is InChI=1S/C20H23N3O2S/c1-2-16-17(25-12-24-16)9-14(1)15-10-23(11-18-21-5-8-26-18)19-13-3-6-22(7-4-13)20(15)19/h1-2,5,8-9,13,15,19-20H,3-4,6-7,10-12H2/t15-,19+,20+/m1/s1. The fourth-order valence-corrected chi connectivity index (χ4v) is 6.30. The molecule has 0 amide bonds. The maximum absolute atomic E-state index is 5.65. The first-order valence-electron chi connectivity index (χ1n) is 9.63. The summed E-state index contributed by atoms with van der Waals surface area (Å²) in [6.45, 7) is 4.97. The van der Waals surface area contributed by atoms with Gasteiger partial charge >= 0.3 is 0 Å². The topological polar surface area (TPSA) is 37.8 Å². The number of ether oxygens (including phenoxy) is 2. The zero-order valence-electron chi connectivity index (χ0n) is 14.7. The second-order valence-corrected chi connectivity index (χ2v) is 8.91. The number of hydrogen-bond acceptors (Lipinski definition) is 6. The van der Waals surface area contributed by atoms with Gasteiger partial charge in [-0.15, -0.1) is 11.3 Å². The Morgan fingerprint density at radius 2 is 2.00 bits per heavy atom. The molecule has 0 saturated carbocycles. The Morgan fingerprint density at radius 1 is 1.12 bits per heavy atom. The molecule has 0 radical (unpaired) electrons. The maximum Gasteiger partial charge on any atom is 0.231 e. The molecule has 5 aliphatic rings. The summed E-state index contributed by atoms with van der Waals surface area (Å²) in [5.41, 5.74) is 1.40. The molecule has 0 unspecified atom stereocenters.